The first-order chi connectivity index (χ1) is 7.74. The number of hydrogen-bond donors (Lipinski definition) is 1. The van der Waals surface area contributed by atoms with E-state index >= 15 is 0 Å². The van der Waals surface area contributed by atoms with Crippen LogP contribution in [0.15, 0.2) is 29.6 Å². The number of pyridine rings is 1. The fraction of sp³-hybridized carbons (Fsp3) is 0.250. The summed E-state index contributed by atoms with van der Waals surface area (Å²) in [6.07, 6.45) is 5.60. The van der Waals surface area contributed by atoms with E-state index in [1.807, 2.05) is 19.9 Å². The molecule has 2 aromatic heterocycles. The molecular formula is C12H13N3O. The van der Waals surface area contributed by atoms with E-state index in [1.165, 1.54) is 6.33 Å². The number of nitrogens with one attached hydrogen (secondary N) is 1. The van der Waals surface area contributed by atoms with Crippen molar-refractivity contribution in [2.75, 3.05) is 0 Å². The highest BCUT2D eigenvalue weighted by Crippen LogP contribution is 2.21. The molecule has 0 aliphatic heterocycles. The average Bonchev–Trinajstić information content (AvgIpc) is 2.29. The predicted molar refractivity (Wildman–Crippen MR) is 62.2 cm³/mol. The fourth-order valence-corrected chi connectivity index (χ4v) is 1.73. The van der Waals surface area contributed by atoms with E-state index < -0.39 is 0 Å². The van der Waals surface area contributed by atoms with Crippen LogP contribution in [0.25, 0.3) is 11.3 Å². The van der Waals surface area contributed by atoms with Gasteiger partial charge < -0.3 is 4.98 Å². The van der Waals surface area contributed by atoms with Crippen LogP contribution < -0.4 is 5.56 Å². The van der Waals surface area contributed by atoms with E-state index in [2.05, 4.69) is 15.0 Å². The highest BCUT2D eigenvalue weighted by Gasteiger charge is 2.10. The van der Waals surface area contributed by atoms with Crippen LogP contribution in [0, 0.1) is 6.92 Å². The third kappa shape index (κ3) is 1.74. The van der Waals surface area contributed by atoms with Gasteiger partial charge in [-0.3, -0.25) is 9.78 Å². The van der Waals surface area contributed by atoms with Gasteiger partial charge in [-0.1, -0.05) is 6.92 Å². The van der Waals surface area contributed by atoms with Crippen LogP contribution in [0.2, 0.25) is 0 Å². The Kier molecular flexibility index (Phi) is 2.81. The Morgan fingerprint density at radius 3 is 2.94 bits per heavy atom. The normalized spacial score (nSPS) is 10.4. The number of nitrogens with zero attached hydrogens (tertiary/aromatic N) is 2. The molecular weight excluding hydrogens is 202 g/mol. The minimum absolute atomic E-state index is 0.0660. The molecule has 0 aliphatic carbocycles. The second-order valence-corrected chi connectivity index (χ2v) is 3.60. The molecule has 0 unspecified atom stereocenters. The molecule has 0 atom stereocenters. The van der Waals surface area contributed by atoms with Crippen LogP contribution >= 0.6 is 0 Å². The number of rotatable bonds is 2. The predicted octanol–water partition coefficient (Wildman–Crippen LogP) is 1.70. The molecule has 2 rings (SSSR count). The van der Waals surface area contributed by atoms with E-state index in [1.54, 1.807) is 12.4 Å². The molecule has 0 amide bonds. The van der Waals surface area contributed by atoms with Gasteiger partial charge in [0.15, 0.2) is 0 Å². The zero-order valence-corrected chi connectivity index (χ0v) is 9.32. The third-order valence-corrected chi connectivity index (χ3v) is 2.58. The third-order valence-electron chi connectivity index (χ3n) is 2.58. The minimum Gasteiger partial charge on any atom is -0.313 e. The lowest BCUT2D eigenvalue weighted by atomic mass is 10.0. The number of H-pyrrole nitrogens is 1. The molecule has 4 heteroatoms. The second kappa shape index (κ2) is 4.26. The average molecular weight is 215 g/mol. The molecule has 1 N–H and O–H groups in total. The van der Waals surface area contributed by atoms with E-state index in [9.17, 15) is 4.79 Å². The number of aromatic amines is 1. The molecule has 0 aliphatic rings. The maximum atomic E-state index is 11.6. The molecule has 4 nitrogen and oxygen atoms in total. The van der Waals surface area contributed by atoms with Gasteiger partial charge in [0.05, 0.1) is 12.0 Å². The highest BCUT2D eigenvalue weighted by atomic mass is 16.1. The summed E-state index contributed by atoms with van der Waals surface area (Å²) in [5.74, 6) is 0. The van der Waals surface area contributed by atoms with Crippen LogP contribution in [-0.4, -0.2) is 15.0 Å². The lowest BCUT2D eigenvalue weighted by Gasteiger charge is -2.07. The molecule has 0 saturated carbocycles. The maximum absolute atomic E-state index is 11.6. The van der Waals surface area contributed by atoms with Crippen molar-refractivity contribution < 1.29 is 0 Å². The Labute approximate surface area is 93.4 Å². The molecule has 16 heavy (non-hydrogen) atoms. The van der Waals surface area contributed by atoms with Gasteiger partial charge in [0.25, 0.3) is 5.56 Å². The Morgan fingerprint density at radius 2 is 2.25 bits per heavy atom. The quantitative estimate of drug-likeness (QED) is 0.829. The monoisotopic (exact) mass is 215 g/mol. The molecule has 0 aromatic carbocycles. The largest absolute Gasteiger partial charge is 0.313 e. The smallest absolute Gasteiger partial charge is 0.254 e. The Morgan fingerprint density at radius 1 is 1.44 bits per heavy atom. The molecule has 2 heterocycles. The van der Waals surface area contributed by atoms with E-state index in [-0.39, 0.29) is 5.56 Å². The molecule has 2 aromatic rings. The topological polar surface area (TPSA) is 58.6 Å². The van der Waals surface area contributed by atoms with Gasteiger partial charge >= 0.3 is 0 Å². The molecule has 82 valence electrons. The van der Waals surface area contributed by atoms with E-state index in [0.29, 0.717) is 6.42 Å². The lowest BCUT2D eigenvalue weighted by molar-refractivity contribution is 1.01. The van der Waals surface area contributed by atoms with E-state index in [4.69, 9.17) is 0 Å². The second-order valence-electron chi connectivity index (χ2n) is 3.60. The first-order valence-electron chi connectivity index (χ1n) is 5.21. The molecule has 0 spiro atoms. The summed E-state index contributed by atoms with van der Waals surface area (Å²) in [7, 11) is 0. The highest BCUT2D eigenvalue weighted by molar-refractivity contribution is 5.65. The summed E-state index contributed by atoms with van der Waals surface area (Å²) in [6.45, 7) is 3.91. The molecule has 0 saturated heterocycles. The molecule has 0 radical (unpaired) electrons. The van der Waals surface area contributed by atoms with Gasteiger partial charge in [-0.05, 0) is 25.0 Å². The van der Waals surface area contributed by atoms with Crippen LogP contribution in [-0.2, 0) is 6.42 Å². The minimum atomic E-state index is -0.0660. The van der Waals surface area contributed by atoms with Crippen molar-refractivity contribution in [2.45, 2.75) is 20.3 Å². The number of aromatic nitrogens is 3. The summed E-state index contributed by atoms with van der Waals surface area (Å²) in [5, 5.41) is 0. The standard InChI is InChI=1S/C12H13N3O/c1-3-9-11(14-7-15-12(9)16)10-4-5-13-6-8(10)2/h4-7H,3H2,1-2H3,(H,14,15,16). The van der Waals surface area contributed by atoms with Crippen LogP contribution in [0.4, 0.5) is 0 Å². The van der Waals surface area contributed by atoms with Crippen molar-refractivity contribution in [1.29, 1.82) is 0 Å². The zero-order chi connectivity index (χ0) is 11.5. The van der Waals surface area contributed by atoms with Crippen LogP contribution in [0.1, 0.15) is 18.1 Å². The van der Waals surface area contributed by atoms with Gasteiger partial charge in [-0.15, -0.1) is 0 Å². The van der Waals surface area contributed by atoms with Gasteiger partial charge in [0.1, 0.15) is 0 Å². The summed E-state index contributed by atoms with van der Waals surface area (Å²) in [5.41, 5.74) is 3.40. The van der Waals surface area contributed by atoms with Gasteiger partial charge in [-0.25, -0.2) is 4.98 Å². The van der Waals surface area contributed by atoms with Gasteiger partial charge in [0, 0.05) is 23.5 Å². The van der Waals surface area contributed by atoms with Crippen molar-refractivity contribution in [3.8, 4) is 11.3 Å². The van der Waals surface area contributed by atoms with Gasteiger partial charge in [-0.2, -0.15) is 0 Å². The van der Waals surface area contributed by atoms with Crippen molar-refractivity contribution in [3.05, 3.63) is 46.3 Å². The maximum Gasteiger partial charge on any atom is 0.254 e. The van der Waals surface area contributed by atoms with E-state index in [0.717, 1.165) is 22.4 Å². The Balaban J connectivity index is 2.70. The summed E-state index contributed by atoms with van der Waals surface area (Å²) < 4.78 is 0. The molecule has 0 bridgehead atoms. The number of aryl methyl sites for hydroxylation is 1. The van der Waals surface area contributed by atoms with Crippen molar-refractivity contribution in [1.82, 2.24) is 15.0 Å². The Hall–Kier alpha value is -1.97. The summed E-state index contributed by atoms with van der Waals surface area (Å²) >= 11 is 0. The van der Waals surface area contributed by atoms with Crippen molar-refractivity contribution >= 4 is 0 Å². The molecule has 0 fully saturated rings. The SMILES string of the molecule is CCc1c(-c2ccncc2C)nc[nH]c1=O. The summed E-state index contributed by atoms with van der Waals surface area (Å²) in [4.78, 5) is 22.5. The zero-order valence-electron chi connectivity index (χ0n) is 9.32. The first-order valence-corrected chi connectivity index (χ1v) is 5.21. The lowest BCUT2D eigenvalue weighted by Crippen LogP contribution is -2.14. The fourth-order valence-electron chi connectivity index (χ4n) is 1.73. The number of hydrogen-bond acceptors (Lipinski definition) is 3. The van der Waals surface area contributed by atoms with Crippen molar-refractivity contribution in [2.24, 2.45) is 0 Å². The van der Waals surface area contributed by atoms with Crippen LogP contribution in [0.3, 0.4) is 0 Å². The first kappa shape index (κ1) is 10.5. The Bertz CT molecular complexity index is 560. The van der Waals surface area contributed by atoms with Crippen LogP contribution in [0.5, 0.6) is 0 Å². The van der Waals surface area contributed by atoms with Crippen molar-refractivity contribution in [3.63, 3.8) is 0 Å². The van der Waals surface area contributed by atoms with Gasteiger partial charge in [0.2, 0.25) is 0 Å². The summed E-state index contributed by atoms with van der Waals surface area (Å²) in [6, 6.07) is 1.89.